The number of rotatable bonds is 9. The molecule has 1 fully saturated rings. The Hall–Kier alpha value is -0.590. The second kappa shape index (κ2) is 10.2. The molecule has 0 saturated carbocycles. The van der Waals surface area contributed by atoms with E-state index in [1.165, 1.54) is 64.8 Å². The van der Waals surface area contributed by atoms with Crippen molar-refractivity contribution in [2.24, 2.45) is 0 Å². The van der Waals surface area contributed by atoms with Crippen LogP contribution in [0.3, 0.4) is 0 Å². The standard InChI is InChI=1S/C16H31N3/c1-3-18(4-2)15-16-11-7-10-14-19(16)13-9-6-5-8-12-17/h16H,3-11,13-15H2,1-2H3. The third kappa shape index (κ3) is 6.40. The predicted octanol–water partition coefficient (Wildman–Crippen LogP) is 3.27. The maximum Gasteiger partial charge on any atom is 0.0621 e. The van der Waals surface area contributed by atoms with Gasteiger partial charge in [0.15, 0.2) is 0 Å². The first-order valence-corrected chi connectivity index (χ1v) is 8.15. The van der Waals surface area contributed by atoms with Crippen molar-refractivity contribution >= 4 is 0 Å². The number of hydrogen-bond donors (Lipinski definition) is 0. The van der Waals surface area contributed by atoms with Crippen molar-refractivity contribution in [1.29, 1.82) is 5.26 Å². The Morgan fingerprint density at radius 2 is 1.95 bits per heavy atom. The molecule has 1 aliphatic heterocycles. The molecule has 1 unspecified atom stereocenters. The fourth-order valence-corrected chi connectivity index (χ4v) is 3.04. The van der Waals surface area contributed by atoms with Gasteiger partial charge in [0, 0.05) is 19.0 Å². The Bertz CT molecular complexity index is 255. The van der Waals surface area contributed by atoms with Crippen LogP contribution in [0.2, 0.25) is 0 Å². The Kier molecular flexibility index (Phi) is 8.86. The SMILES string of the molecule is CCN(CC)CC1CCCCN1CCCCCC#N. The summed E-state index contributed by atoms with van der Waals surface area (Å²) in [6.45, 7) is 10.6. The zero-order valence-electron chi connectivity index (χ0n) is 12.9. The summed E-state index contributed by atoms with van der Waals surface area (Å²) in [6, 6.07) is 3.00. The molecule has 0 spiro atoms. The minimum absolute atomic E-state index is 0.725. The Morgan fingerprint density at radius 3 is 2.63 bits per heavy atom. The largest absolute Gasteiger partial charge is 0.302 e. The van der Waals surface area contributed by atoms with E-state index in [0.717, 1.165) is 18.9 Å². The van der Waals surface area contributed by atoms with Crippen LogP contribution in [0.5, 0.6) is 0 Å². The van der Waals surface area contributed by atoms with Crippen LogP contribution in [0, 0.1) is 11.3 Å². The molecule has 3 nitrogen and oxygen atoms in total. The van der Waals surface area contributed by atoms with Gasteiger partial charge in [-0.25, -0.2) is 0 Å². The van der Waals surface area contributed by atoms with Crippen molar-refractivity contribution in [3.05, 3.63) is 0 Å². The summed E-state index contributed by atoms with van der Waals surface area (Å²) >= 11 is 0. The van der Waals surface area contributed by atoms with Crippen molar-refractivity contribution in [1.82, 2.24) is 9.80 Å². The molecule has 1 saturated heterocycles. The van der Waals surface area contributed by atoms with E-state index >= 15 is 0 Å². The molecule has 0 aliphatic carbocycles. The smallest absolute Gasteiger partial charge is 0.0621 e. The normalized spacial score (nSPS) is 20.6. The zero-order valence-corrected chi connectivity index (χ0v) is 12.9. The monoisotopic (exact) mass is 265 g/mol. The van der Waals surface area contributed by atoms with Gasteiger partial charge in [-0.2, -0.15) is 5.26 Å². The highest BCUT2D eigenvalue weighted by Crippen LogP contribution is 2.19. The topological polar surface area (TPSA) is 30.3 Å². The lowest BCUT2D eigenvalue weighted by Gasteiger charge is -2.38. The van der Waals surface area contributed by atoms with Crippen molar-refractivity contribution in [2.75, 3.05) is 32.7 Å². The van der Waals surface area contributed by atoms with Crippen LogP contribution in [-0.4, -0.2) is 48.6 Å². The highest BCUT2D eigenvalue weighted by molar-refractivity contribution is 4.79. The minimum Gasteiger partial charge on any atom is -0.302 e. The van der Waals surface area contributed by atoms with Gasteiger partial charge in [0.25, 0.3) is 0 Å². The van der Waals surface area contributed by atoms with Crippen molar-refractivity contribution < 1.29 is 0 Å². The molecule has 1 heterocycles. The van der Waals surface area contributed by atoms with Gasteiger partial charge in [0.2, 0.25) is 0 Å². The molecule has 110 valence electrons. The molecule has 0 N–H and O–H groups in total. The first-order valence-electron chi connectivity index (χ1n) is 8.15. The average molecular weight is 265 g/mol. The van der Waals surface area contributed by atoms with Crippen LogP contribution in [0.4, 0.5) is 0 Å². The lowest BCUT2D eigenvalue weighted by atomic mass is 10.0. The lowest BCUT2D eigenvalue weighted by Crippen LogP contribution is -2.47. The van der Waals surface area contributed by atoms with Gasteiger partial charge in [-0.05, 0) is 51.9 Å². The average Bonchev–Trinajstić information content (AvgIpc) is 2.45. The first kappa shape index (κ1) is 16.5. The summed E-state index contributed by atoms with van der Waals surface area (Å²) in [7, 11) is 0. The molecule has 1 rings (SSSR count). The van der Waals surface area contributed by atoms with Crippen LogP contribution in [0.25, 0.3) is 0 Å². The number of likely N-dealkylation sites (tertiary alicyclic amines) is 1. The first-order chi connectivity index (χ1) is 9.31. The van der Waals surface area contributed by atoms with Crippen LogP contribution in [0.15, 0.2) is 0 Å². The van der Waals surface area contributed by atoms with Gasteiger partial charge in [0.05, 0.1) is 6.07 Å². The van der Waals surface area contributed by atoms with Gasteiger partial charge < -0.3 is 4.90 Å². The maximum atomic E-state index is 8.54. The predicted molar refractivity (Wildman–Crippen MR) is 81.1 cm³/mol. The highest BCUT2D eigenvalue weighted by atomic mass is 15.2. The highest BCUT2D eigenvalue weighted by Gasteiger charge is 2.23. The van der Waals surface area contributed by atoms with E-state index in [4.69, 9.17) is 5.26 Å². The molecule has 0 radical (unpaired) electrons. The maximum absolute atomic E-state index is 8.54. The fourth-order valence-electron chi connectivity index (χ4n) is 3.04. The van der Waals surface area contributed by atoms with Crippen molar-refractivity contribution in [3.63, 3.8) is 0 Å². The number of piperidine rings is 1. The molecule has 1 aliphatic rings. The molecule has 0 aromatic rings. The summed E-state index contributed by atoms with van der Waals surface area (Å²) in [5.74, 6) is 0. The quantitative estimate of drug-likeness (QED) is 0.599. The Balaban J connectivity index is 2.29. The van der Waals surface area contributed by atoms with E-state index in [0.29, 0.717) is 0 Å². The molecule has 0 bridgehead atoms. The Morgan fingerprint density at radius 1 is 1.16 bits per heavy atom. The fraction of sp³-hybridized carbons (Fsp3) is 0.938. The van der Waals surface area contributed by atoms with E-state index in [1.807, 2.05) is 0 Å². The molecule has 1 atom stereocenters. The van der Waals surface area contributed by atoms with Gasteiger partial charge in [-0.1, -0.05) is 26.7 Å². The molecule has 3 heteroatoms. The van der Waals surface area contributed by atoms with Gasteiger partial charge in [-0.15, -0.1) is 0 Å². The van der Waals surface area contributed by atoms with Crippen LogP contribution >= 0.6 is 0 Å². The summed E-state index contributed by atoms with van der Waals surface area (Å²) in [4.78, 5) is 5.26. The van der Waals surface area contributed by atoms with E-state index in [9.17, 15) is 0 Å². The summed E-state index contributed by atoms with van der Waals surface area (Å²) in [6.07, 6.45) is 8.41. The summed E-state index contributed by atoms with van der Waals surface area (Å²) in [5, 5.41) is 8.54. The van der Waals surface area contributed by atoms with Gasteiger partial charge >= 0.3 is 0 Å². The van der Waals surface area contributed by atoms with E-state index in [1.54, 1.807) is 0 Å². The Labute approximate surface area is 119 Å². The minimum atomic E-state index is 0.725. The van der Waals surface area contributed by atoms with Crippen molar-refractivity contribution in [3.8, 4) is 6.07 Å². The van der Waals surface area contributed by atoms with Crippen LogP contribution < -0.4 is 0 Å². The van der Waals surface area contributed by atoms with E-state index in [-0.39, 0.29) is 0 Å². The number of likely N-dealkylation sites (N-methyl/N-ethyl adjacent to an activating group) is 1. The molecular formula is C16H31N3. The summed E-state index contributed by atoms with van der Waals surface area (Å²) < 4.78 is 0. The molecule has 19 heavy (non-hydrogen) atoms. The number of hydrogen-bond acceptors (Lipinski definition) is 3. The van der Waals surface area contributed by atoms with Gasteiger partial charge in [-0.3, -0.25) is 4.90 Å². The third-order valence-electron chi connectivity index (χ3n) is 4.35. The summed E-state index contributed by atoms with van der Waals surface area (Å²) in [5.41, 5.74) is 0. The molecule has 0 aromatic heterocycles. The second-order valence-corrected chi connectivity index (χ2v) is 5.64. The van der Waals surface area contributed by atoms with Crippen LogP contribution in [-0.2, 0) is 0 Å². The third-order valence-corrected chi connectivity index (χ3v) is 4.35. The van der Waals surface area contributed by atoms with E-state index in [2.05, 4.69) is 29.7 Å². The van der Waals surface area contributed by atoms with Crippen LogP contribution in [0.1, 0.15) is 58.8 Å². The number of nitriles is 1. The molecular weight excluding hydrogens is 234 g/mol. The molecule has 0 amide bonds. The number of nitrogens with zero attached hydrogens (tertiary/aromatic N) is 3. The molecule has 0 aromatic carbocycles. The number of unbranched alkanes of at least 4 members (excludes halogenated alkanes) is 3. The van der Waals surface area contributed by atoms with Crippen molar-refractivity contribution in [2.45, 2.75) is 64.8 Å². The van der Waals surface area contributed by atoms with Gasteiger partial charge in [0.1, 0.15) is 0 Å². The second-order valence-electron chi connectivity index (χ2n) is 5.64. The van der Waals surface area contributed by atoms with E-state index < -0.39 is 0 Å². The zero-order chi connectivity index (χ0) is 13.9. The lowest BCUT2D eigenvalue weighted by molar-refractivity contribution is 0.106.